The topological polar surface area (TPSA) is 29.3 Å². The van der Waals surface area contributed by atoms with E-state index in [1.165, 1.54) is 13.0 Å². The van der Waals surface area contributed by atoms with Crippen molar-refractivity contribution in [3.63, 3.8) is 0 Å². The number of nitrogens with two attached hydrogens (primary N) is 1. The number of anilines is 2. The third kappa shape index (κ3) is 4.08. The number of hydrogen-bond acceptors (Lipinski definition) is 2. The summed E-state index contributed by atoms with van der Waals surface area (Å²) in [7, 11) is 0. The SMILES string of the molecule is C=CCN(c1ccc(N)c(C(F)(F)F)c1)C(CC)C(F)(F)F. The Hall–Kier alpha value is -1.86. The summed E-state index contributed by atoms with van der Waals surface area (Å²) in [5.41, 5.74) is 3.37. The Bertz CT molecular complexity index is 521. The molecule has 0 saturated heterocycles. The number of rotatable bonds is 5. The van der Waals surface area contributed by atoms with Crippen LogP contribution in [0, 0.1) is 0 Å². The van der Waals surface area contributed by atoms with Crippen LogP contribution in [0.5, 0.6) is 0 Å². The minimum atomic E-state index is -4.74. The predicted molar refractivity (Wildman–Crippen MR) is 73.5 cm³/mol. The standard InChI is InChI=1S/C14H16F6N2/c1-3-7-22(12(4-2)14(18,19)20)9-5-6-11(21)10(8-9)13(15,16)17/h3,5-6,8,12H,1,4,7,21H2,2H3. The van der Waals surface area contributed by atoms with Crippen molar-refractivity contribution in [2.75, 3.05) is 17.2 Å². The van der Waals surface area contributed by atoms with Gasteiger partial charge < -0.3 is 10.6 Å². The molecule has 0 saturated carbocycles. The van der Waals surface area contributed by atoms with Crippen molar-refractivity contribution in [1.29, 1.82) is 0 Å². The second-order valence-electron chi connectivity index (χ2n) is 4.68. The first-order valence-corrected chi connectivity index (χ1v) is 6.43. The molecule has 1 aromatic rings. The Morgan fingerprint density at radius 2 is 1.82 bits per heavy atom. The first-order chi connectivity index (χ1) is 10.0. The molecular weight excluding hydrogens is 310 g/mol. The molecule has 1 aromatic carbocycles. The second-order valence-corrected chi connectivity index (χ2v) is 4.68. The van der Waals surface area contributed by atoms with Crippen molar-refractivity contribution in [3.8, 4) is 0 Å². The van der Waals surface area contributed by atoms with E-state index in [0.717, 1.165) is 17.0 Å². The van der Waals surface area contributed by atoms with E-state index in [1.54, 1.807) is 0 Å². The van der Waals surface area contributed by atoms with Crippen molar-refractivity contribution < 1.29 is 26.3 Å². The molecule has 0 aliphatic rings. The molecule has 0 heterocycles. The lowest BCUT2D eigenvalue weighted by molar-refractivity contribution is -0.149. The van der Waals surface area contributed by atoms with E-state index in [4.69, 9.17) is 5.73 Å². The summed E-state index contributed by atoms with van der Waals surface area (Å²) in [4.78, 5) is 0.835. The third-order valence-electron chi connectivity index (χ3n) is 3.14. The van der Waals surface area contributed by atoms with Crippen LogP contribution in [0.15, 0.2) is 30.9 Å². The molecule has 0 spiro atoms. The summed E-state index contributed by atoms with van der Waals surface area (Å²) in [5.74, 6) is 0. The summed E-state index contributed by atoms with van der Waals surface area (Å²) < 4.78 is 77.8. The highest BCUT2D eigenvalue weighted by atomic mass is 19.4. The molecular formula is C14H16F6N2. The molecule has 0 fully saturated rings. The molecule has 124 valence electrons. The van der Waals surface area contributed by atoms with Crippen molar-refractivity contribution in [1.82, 2.24) is 0 Å². The van der Waals surface area contributed by atoms with Gasteiger partial charge in [-0.05, 0) is 24.6 Å². The molecule has 2 N–H and O–H groups in total. The Labute approximate surface area is 124 Å². The van der Waals surface area contributed by atoms with Crippen molar-refractivity contribution in [3.05, 3.63) is 36.4 Å². The van der Waals surface area contributed by atoms with E-state index in [-0.39, 0.29) is 18.7 Å². The van der Waals surface area contributed by atoms with Gasteiger partial charge in [0.2, 0.25) is 0 Å². The molecule has 0 radical (unpaired) electrons. The van der Waals surface area contributed by atoms with Crippen LogP contribution in [0.3, 0.4) is 0 Å². The third-order valence-corrected chi connectivity index (χ3v) is 3.14. The zero-order valence-electron chi connectivity index (χ0n) is 11.8. The van der Waals surface area contributed by atoms with Gasteiger partial charge in [0.15, 0.2) is 0 Å². The van der Waals surface area contributed by atoms with Gasteiger partial charge >= 0.3 is 12.4 Å². The number of halogens is 6. The summed E-state index contributed by atoms with van der Waals surface area (Å²) in [6.45, 7) is 4.44. The Kier molecular flexibility index (Phi) is 5.37. The van der Waals surface area contributed by atoms with Crippen LogP contribution in [0.2, 0.25) is 0 Å². The van der Waals surface area contributed by atoms with Crippen molar-refractivity contribution >= 4 is 11.4 Å². The van der Waals surface area contributed by atoms with E-state index in [9.17, 15) is 26.3 Å². The summed E-state index contributed by atoms with van der Waals surface area (Å²) in [5, 5.41) is 0. The van der Waals surface area contributed by atoms with Crippen LogP contribution >= 0.6 is 0 Å². The highest BCUT2D eigenvalue weighted by Gasteiger charge is 2.42. The molecule has 22 heavy (non-hydrogen) atoms. The molecule has 8 heteroatoms. The lowest BCUT2D eigenvalue weighted by Crippen LogP contribution is -2.45. The Morgan fingerprint density at radius 3 is 2.23 bits per heavy atom. The number of nitrogen functional groups attached to an aromatic ring is 1. The molecule has 0 amide bonds. The summed E-state index contributed by atoms with van der Waals surface area (Å²) >= 11 is 0. The fraction of sp³-hybridized carbons (Fsp3) is 0.429. The molecule has 0 aromatic heterocycles. The maximum atomic E-state index is 13.1. The Balaban J connectivity index is 3.36. The fourth-order valence-corrected chi connectivity index (χ4v) is 2.15. The normalized spacial score (nSPS) is 13.8. The first kappa shape index (κ1) is 18.2. The van der Waals surface area contributed by atoms with Crippen LogP contribution < -0.4 is 10.6 Å². The van der Waals surface area contributed by atoms with Gasteiger partial charge in [-0.25, -0.2) is 0 Å². The predicted octanol–water partition coefficient (Wildman–Crippen LogP) is 4.62. The Morgan fingerprint density at radius 1 is 1.23 bits per heavy atom. The van der Waals surface area contributed by atoms with Gasteiger partial charge in [0.25, 0.3) is 0 Å². The van der Waals surface area contributed by atoms with Gasteiger partial charge in [-0.15, -0.1) is 6.58 Å². The van der Waals surface area contributed by atoms with E-state index >= 15 is 0 Å². The average molecular weight is 326 g/mol. The lowest BCUT2D eigenvalue weighted by atomic mass is 10.1. The van der Waals surface area contributed by atoms with Gasteiger partial charge in [0.05, 0.1) is 5.56 Å². The van der Waals surface area contributed by atoms with Gasteiger partial charge in [-0.1, -0.05) is 13.0 Å². The molecule has 0 bridgehead atoms. The lowest BCUT2D eigenvalue weighted by Gasteiger charge is -2.34. The maximum Gasteiger partial charge on any atom is 0.418 e. The highest BCUT2D eigenvalue weighted by molar-refractivity contribution is 5.60. The number of alkyl halides is 6. The average Bonchev–Trinajstić information content (AvgIpc) is 2.36. The zero-order chi connectivity index (χ0) is 17.1. The number of benzene rings is 1. The number of hydrogen-bond donors (Lipinski definition) is 1. The van der Waals surface area contributed by atoms with E-state index in [1.807, 2.05) is 0 Å². The van der Waals surface area contributed by atoms with E-state index in [2.05, 4.69) is 6.58 Å². The van der Waals surface area contributed by atoms with Gasteiger partial charge in [0.1, 0.15) is 6.04 Å². The van der Waals surface area contributed by atoms with Crippen LogP contribution in [-0.4, -0.2) is 18.8 Å². The molecule has 0 aliphatic carbocycles. The van der Waals surface area contributed by atoms with Gasteiger partial charge in [-0.3, -0.25) is 0 Å². The maximum absolute atomic E-state index is 13.1. The van der Waals surface area contributed by atoms with E-state index in [0.29, 0.717) is 6.07 Å². The monoisotopic (exact) mass is 326 g/mol. The zero-order valence-corrected chi connectivity index (χ0v) is 11.8. The smallest absolute Gasteiger partial charge is 0.398 e. The van der Waals surface area contributed by atoms with Gasteiger partial charge in [-0.2, -0.15) is 26.3 Å². The second kappa shape index (κ2) is 6.50. The van der Waals surface area contributed by atoms with Crippen LogP contribution in [0.1, 0.15) is 18.9 Å². The molecule has 2 nitrogen and oxygen atoms in total. The minimum absolute atomic E-state index is 0.203. The first-order valence-electron chi connectivity index (χ1n) is 6.43. The quantitative estimate of drug-likeness (QED) is 0.486. The van der Waals surface area contributed by atoms with Crippen molar-refractivity contribution in [2.24, 2.45) is 0 Å². The largest absolute Gasteiger partial charge is 0.418 e. The molecule has 0 aliphatic heterocycles. The molecule has 1 rings (SSSR count). The van der Waals surface area contributed by atoms with Crippen LogP contribution in [-0.2, 0) is 6.18 Å². The fourth-order valence-electron chi connectivity index (χ4n) is 2.15. The minimum Gasteiger partial charge on any atom is -0.398 e. The van der Waals surface area contributed by atoms with Crippen LogP contribution in [0.4, 0.5) is 37.7 Å². The highest BCUT2D eigenvalue weighted by Crippen LogP contribution is 2.38. The van der Waals surface area contributed by atoms with Gasteiger partial charge in [0, 0.05) is 17.9 Å². The summed E-state index contributed by atoms with van der Waals surface area (Å²) in [6, 6.07) is 0.822. The van der Waals surface area contributed by atoms with Crippen LogP contribution in [0.25, 0.3) is 0 Å². The molecule has 1 atom stereocenters. The summed E-state index contributed by atoms with van der Waals surface area (Å²) in [6.07, 6.45) is -8.40. The van der Waals surface area contributed by atoms with E-state index < -0.39 is 29.6 Å². The van der Waals surface area contributed by atoms with Crippen molar-refractivity contribution in [2.45, 2.75) is 31.7 Å². The molecule has 1 unspecified atom stereocenters. The number of nitrogens with zero attached hydrogens (tertiary/aromatic N) is 1.